The summed E-state index contributed by atoms with van der Waals surface area (Å²) in [5.41, 5.74) is 0.884. The van der Waals surface area contributed by atoms with Gasteiger partial charge in [-0.15, -0.1) is 0 Å². The van der Waals surface area contributed by atoms with Gasteiger partial charge in [-0.2, -0.15) is 0 Å². The number of ether oxygens (including phenoxy) is 1. The Hall–Kier alpha value is -0.0800. The Morgan fingerprint density at radius 3 is 2.70 bits per heavy atom. The number of hydrogen-bond donors (Lipinski definition) is 1. The van der Waals surface area contributed by atoms with Crippen molar-refractivity contribution in [3.63, 3.8) is 0 Å². The third-order valence-electron chi connectivity index (χ3n) is 8.30. The number of fused-ring (bicyclic) bond motifs is 4. The van der Waals surface area contributed by atoms with E-state index in [4.69, 9.17) is 4.74 Å². The normalized spacial score (nSPS) is 63.9. The molecule has 5 aliphatic rings. The molecule has 2 nitrogen and oxygen atoms in total. The summed E-state index contributed by atoms with van der Waals surface area (Å²) < 4.78 is 6.14. The first-order valence-corrected chi connectivity index (χ1v) is 8.99. The van der Waals surface area contributed by atoms with E-state index in [2.05, 4.69) is 6.92 Å². The molecule has 4 saturated carbocycles. The molecular weight excluding hydrogens is 248 g/mol. The van der Waals surface area contributed by atoms with E-state index >= 15 is 0 Å². The molecule has 1 spiro atoms. The maximum atomic E-state index is 10.0. The molecule has 0 aromatic carbocycles. The van der Waals surface area contributed by atoms with Crippen LogP contribution in [0.2, 0.25) is 0 Å². The van der Waals surface area contributed by atoms with Gasteiger partial charge in [-0.05, 0) is 86.9 Å². The van der Waals surface area contributed by atoms with E-state index in [1.165, 1.54) is 44.9 Å². The maximum absolute atomic E-state index is 10.0. The molecule has 5 rings (SSSR count). The topological polar surface area (TPSA) is 32.8 Å². The molecule has 4 aliphatic carbocycles. The highest BCUT2D eigenvalue weighted by molar-refractivity contribution is 5.18. The largest absolute Gasteiger partial charge is 0.393 e. The van der Waals surface area contributed by atoms with Crippen LogP contribution in [0.5, 0.6) is 0 Å². The highest BCUT2D eigenvalue weighted by Crippen LogP contribution is 2.69. The molecule has 0 radical (unpaired) electrons. The van der Waals surface area contributed by atoms with Crippen LogP contribution in [-0.2, 0) is 4.74 Å². The summed E-state index contributed by atoms with van der Waals surface area (Å²) in [6, 6.07) is 0. The van der Waals surface area contributed by atoms with Crippen LogP contribution >= 0.6 is 0 Å². The second kappa shape index (κ2) is 3.81. The van der Waals surface area contributed by atoms with Gasteiger partial charge in [0.1, 0.15) is 0 Å². The Bertz CT molecular complexity index is 435. The predicted octanol–water partition coefficient (Wildman–Crippen LogP) is 3.52. The van der Waals surface area contributed by atoms with Gasteiger partial charge >= 0.3 is 0 Å². The van der Waals surface area contributed by atoms with E-state index in [1.54, 1.807) is 0 Å². The average molecular weight is 276 g/mol. The standard InChI is InChI=1S/C18H28O2/c1-17-8-6-12(19)10-11(17)2-3-13-14(17)7-9-18-15(13)4-5-16(18)20-18/h11-16,19H,2-10H2,1H3/t11-,12+,13+,14-,15-,16-,17-,18+/m0/s1. The van der Waals surface area contributed by atoms with Gasteiger partial charge in [0, 0.05) is 0 Å². The molecule has 1 aliphatic heterocycles. The number of aliphatic hydroxyl groups is 1. The van der Waals surface area contributed by atoms with Crippen LogP contribution in [0.3, 0.4) is 0 Å². The number of aliphatic hydroxyl groups excluding tert-OH is 1. The number of rotatable bonds is 0. The minimum atomic E-state index is -0.0119. The summed E-state index contributed by atoms with van der Waals surface area (Å²) in [5.74, 6) is 3.54. The van der Waals surface area contributed by atoms with Gasteiger partial charge < -0.3 is 9.84 Å². The zero-order valence-electron chi connectivity index (χ0n) is 12.7. The Labute approximate surface area is 122 Å². The molecule has 1 heterocycles. The summed E-state index contributed by atoms with van der Waals surface area (Å²) in [6.07, 6.45) is 12.3. The minimum Gasteiger partial charge on any atom is -0.393 e. The first-order valence-electron chi connectivity index (χ1n) is 8.99. The summed E-state index contributed by atoms with van der Waals surface area (Å²) in [7, 11) is 0. The minimum absolute atomic E-state index is 0.0119. The molecule has 0 aromatic rings. The van der Waals surface area contributed by atoms with Crippen molar-refractivity contribution in [3.05, 3.63) is 0 Å². The summed E-state index contributed by atoms with van der Waals surface area (Å²) >= 11 is 0. The summed E-state index contributed by atoms with van der Waals surface area (Å²) in [4.78, 5) is 0. The third kappa shape index (κ3) is 1.38. The van der Waals surface area contributed by atoms with Crippen LogP contribution in [0.25, 0.3) is 0 Å². The summed E-state index contributed by atoms with van der Waals surface area (Å²) in [5, 5.41) is 10.0. The number of epoxide rings is 1. The third-order valence-corrected chi connectivity index (χ3v) is 8.30. The van der Waals surface area contributed by atoms with Crippen LogP contribution in [0.15, 0.2) is 0 Å². The molecule has 8 atom stereocenters. The van der Waals surface area contributed by atoms with Crippen molar-refractivity contribution in [1.29, 1.82) is 0 Å². The van der Waals surface area contributed by atoms with Crippen molar-refractivity contribution >= 4 is 0 Å². The van der Waals surface area contributed by atoms with E-state index in [9.17, 15) is 5.11 Å². The van der Waals surface area contributed by atoms with Crippen LogP contribution < -0.4 is 0 Å². The second-order valence-electron chi connectivity index (χ2n) is 8.76. The lowest BCUT2D eigenvalue weighted by Crippen LogP contribution is -2.53. The molecule has 0 aromatic heterocycles. The molecule has 2 heteroatoms. The average Bonchev–Trinajstić information content (AvgIpc) is 3.01. The Morgan fingerprint density at radius 2 is 1.85 bits per heavy atom. The molecule has 1 saturated heterocycles. The van der Waals surface area contributed by atoms with Crippen LogP contribution in [0.1, 0.15) is 64.7 Å². The van der Waals surface area contributed by atoms with E-state index in [-0.39, 0.29) is 6.10 Å². The molecule has 20 heavy (non-hydrogen) atoms. The van der Waals surface area contributed by atoms with Crippen molar-refractivity contribution in [2.24, 2.45) is 29.1 Å². The number of hydrogen-bond acceptors (Lipinski definition) is 2. The first kappa shape index (κ1) is 12.5. The van der Waals surface area contributed by atoms with Gasteiger partial charge in [0.2, 0.25) is 0 Å². The van der Waals surface area contributed by atoms with E-state index < -0.39 is 0 Å². The molecule has 0 bridgehead atoms. The fourth-order valence-corrected chi connectivity index (χ4v) is 7.24. The van der Waals surface area contributed by atoms with Crippen molar-refractivity contribution in [2.45, 2.75) is 82.5 Å². The SMILES string of the molecule is C[C@]12CC[C@@H](O)C[C@@H]1CC[C@@H]1[C@@H]2CC[C@]23O[C@H]2CC[C@@H]13. The molecule has 0 unspecified atom stereocenters. The summed E-state index contributed by atoms with van der Waals surface area (Å²) in [6.45, 7) is 2.57. The Morgan fingerprint density at radius 1 is 0.950 bits per heavy atom. The van der Waals surface area contributed by atoms with Crippen molar-refractivity contribution in [1.82, 2.24) is 0 Å². The fourth-order valence-electron chi connectivity index (χ4n) is 7.24. The van der Waals surface area contributed by atoms with Gasteiger partial charge in [-0.3, -0.25) is 0 Å². The fraction of sp³-hybridized carbons (Fsp3) is 1.00. The monoisotopic (exact) mass is 276 g/mol. The lowest BCUT2D eigenvalue weighted by Gasteiger charge is -2.58. The zero-order chi connectivity index (χ0) is 13.5. The molecular formula is C18H28O2. The molecule has 0 amide bonds. The quantitative estimate of drug-likeness (QED) is 0.687. The van der Waals surface area contributed by atoms with Crippen LogP contribution in [-0.4, -0.2) is 22.9 Å². The lowest BCUT2D eigenvalue weighted by atomic mass is 9.47. The molecule has 1 N–H and O–H groups in total. The maximum Gasteiger partial charge on any atom is 0.0979 e. The van der Waals surface area contributed by atoms with Gasteiger partial charge in [0.15, 0.2) is 0 Å². The van der Waals surface area contributed by atoms with E-state index in [1.807, 2.05) is 0 Å². The highest BCUT2D eigenvalue weighted by atomic mass is 16.6. The lowest BCUT2D eigenvalue weighted by molar-refractivity contribution is -0.114. The molecule has 112 valence electrons. The van der Waals surface area contributed by atoms with Gasteiger partial charge in [-0.1, -0.05) is 6.92 Å². The highest BCUT2D eigenvalue weighted by Gasteiger charge is 2.70. The van der Waals surface area contributed by atoms with Crippen LogP contribution in [0, 0.1) is 29.1 Å². The van der Waals surface area contributed by atoms with Gasteiger partial charge in [0.05, 0.1) is 17.8 Å². The van der Waals surface area contributed by atoms with Gasteiger partial charge in [-0.25, -0.2) is 0 Å². The smallest absolute Gasteiger partial charge is 0.0979 e. The zero-order valence-corrected chi connectivity index (χ0v) is 12.7. The van der Waals surface area contributed by atoms with Crippen molar-refractivity contribution in [2.75, 3.05) is 0 Å². The Balaban J connectivity index is 1.46. The first-order chi connectivity index (χ1) is 9.63. The van der Waals surface area contributed by atoms with Crippen LogP contribution in [0.4, 0.5) is 0 Å². The Kier molecular flexibility index (Phi) is 2.38. The van der Waals surface area contributed by atoms with Crippen molar-refractivity contribution in [3.8, 4) is 0 Å². The molecule has 5 fully saturated rings. The van der Waals surface area contributed by atoms with Crippen molar-refractivity contribution < 1.29 is 9.84 Å². The van der Waals surface area contributed by atoms with E-state index in [0.29, 0.717) is 17.1 Å². The second-order valence-corrected chi connectivity index (χ2v) is 8.76. The van der Waals surface area contributed by atoms with Gasteiger partial charge in [0.25, 0.3) is 0 Å². The predicted molar refractivity (Wildman–Crippen MR) is 77.2 cm³/mol. The van der Waals surface area contributed by atoms with E-state index in [0.717, 1.165) is 36.5 Å².